The van der Waals surface area contributed by atoms with E-state index in [0.29, 0.717) is 37.0 Å². The molecule has 0 atom stereocenters. The number of carbonyl (C=O) groups excluding carboxylic acids is 2. The Balaban J connectivity index is 1.93. The molecule has 1 fully saturated rings. The van der Waals surface area contributed by atoms with Crippen molar-refractivity contribution < 1.29 is 9.59 Å². The van der Waals surface area contributed by atoms with Gasteiger partial charge in [0, 0.05) is 45.0 Å². The number of rotatable bonds is 7. The second-order valence-corrected chi connectivity index (χ2v) is 7.38. The molecular weight excluding hydrogens is 316 g/mol. The molecule has 1 saturated heterocycles. The van der Waals surface area contributed by atoms with Crippen LogP contribution in [0.4, 0.5) is 0 Å². The van der Waals surface area contributed by atoms with Crippen molar-refractivity contribution in [2.75, 3.05) is 26.2 Å². The molecule has 1 aromatic heterocycles. The first-order chi connectivity index (χ1) is 12.0. The number of nitrogens with zero attached hydrogens (tertiary/aromatic N) is 4. The van der Waals surface area contributed by atoms with Gasteiger partial charge in [0.1, 0.15) is 5.69 Å². The Morgan fingerprint density at radius 3 is 2.56 bits per heavy atom. The van der Waals surface area contributed by atoms with Gasteiger partial charge in [-0.05, 0) is 31.1 Å². The van der Waals surface area contributed by atoms with Crippen LogP contribution in [0.5, 0.6) is 0 Å². The van der Waals surface area contributed by atoms with E-state index in [1.807, 2.05) is 4.90 Å². The van der Waals surface area contributed by atoms with E-state index in [0.717, 1.165) is 32.4 Å². The maximum absolute atomic E-state index is 12.7. The first-order valence-corrected chi connectivity index (χ1v) is 9.30. The van der Waals surface area contributed by atoms with Gasteiger partial charge in [0.15, 0.2) is 0 Å². The number of carbonyl (C=O) groups is 2. The molecule has 0 N–H and O–H groups in total. The molecule has 6 heteroatoms. The molecule has 25 heavy (non-hydrogen) atoms. The van der Waals surface area contributed by atoms with Crippen molar-refractivity contribution in [2.24, 2.45) is 11.8 Å². The maximum Gasteiger partial charge on any atom is 0.274 e. The third-order valence-corrected chi connectivity index (χ3v) is 4.78. The van der Waals surface area contributed by atoms with Crippen LogP contribution in [0, 0.1) is 11.8 Å². The Labute approximate surface area is 150 Å². The lowest BCUT2D eigenvalue weighted by atomic mass is 9.99. The zero-order valence-electron chi connectivity index (χ0n) is 15.6. The molecule has 1 aromatic rings. The zero-order valence-corrected chi connectivity index (χ0v) is 15.6. The maximum atomic E-state index is 12.7. The van der Waals surface area contributed by atoms with Crippen LogP contribution in [-0.2, 0) is 4.79 Å². The van der Waals surface area contributed by atoms with E-state index in [1.54, 1.807) is 11.1 Å². The summed E-state index contributed by atoms with van der Waals surface area (Å²) >= 11 is 0. The van der Waals surface area contributed by atoms with Crippen LogP contribution in [0.1, 0.15) is 56.9 Å². The predicted octanol–water partition coefficient (Wildman–Crippen LogP) is 2.61. The van der Waals surface area contributed by atoms with Gasteiger partial charge in [0.2, 0.25) is 5.91 Å². The Bertz CT molecular complexity index is 554. The van der Waals surface area contributed by atoms with Crippen molar-refractivity contribution in [1.82, 2.24) is 19.8 Å². The summed E-state index contributed by atoms with van der Waals surface area (Å²) in [5.41, 5.74) is 0.338. The zero-order chi connectivity index (χ0) is 18.2. The van der Waals surface area contributed by atoms with E-state index in [9.17, 15) is 9.59 Å². The van der Waals surface area contributed by atoms with Crippen LogP contribution in [0.3, 0.4) is 0 Å². The normalized spacial score (nSPS) is 15.4. The van der Waals surface area contributed by atoms with Crippen LogP contribution >= 0.6 is 0 Å². The molecule has 0 unspecified atom stereocenters. The Morgan fingerprint density at radius 1 is 1.24 bits per heavy atom. The van der Waals surface area contributed by atoms with Gasteiger partial charge in [0.25, 0.3) is 5.91 Å². The quantitative estimate of drug-likeness (QED) is 0.761. The van der Waals surface area contributed by atoms with Crippen molar-refractivity contribution in [3.05, 3.63) is 24.3 Å². The van der Waals surface area contributed by atoms with Crippen LogP contribution in [-0.4, -0.2) is 57.8 Å². The monoisotopic (exact) mass is 346 g/mol. The van der Waals surface area contributed by atoms with Gasteiger partial charge in [-0.25, -0.2) is 4.98 Å². The summed E-state index contributed by atoms with van der Waals surface area (Å²) in [5.74, 6) is 1.20. The molecule has 0 aliphatic carbocycles. The summed E-state index contributed by atoms with van der Waals surface area (Å²) in [6.07, 6.45) is 7.98. The number of likely N-dealkylation sites (tertiary alicyclic amines) is 1. The Hall–Kier alpha value is -1.98. The molecule has 0 spiro atoms. The molecule has 2 amide bonds. The fourth-order valence-electron chi connectivity index (χ4n) is 2.95. The Kier molecular flexibility index (Phi) is 7.34. The lowest BCUT2D eigenvalue weighted by molar-refractivity contribution is -0.132. The van der Waals surface area contributed by atoms with Gasteiger partial charge >= 0.3 is 0 Å². The third-order valence-electron chi connectivity index (χ3n) is 4.78. The lowest BCUT2D eigenvalue weighted by Crippen LogP contribution is -2.41. The second kappa shape index (κ2) is 9.49. The molecule has 138 valence electrons. The average molecular weight is 346 g/mol. The molecule has 6 nitrogen and oxygen atoms in total. The van der Waals surface area contributed by atoms with Gasteiger partial charge in [-0.1, -0.05) is 20.8 Å². The summed E-state index contributed by atoms with van der Waals surface area (Å²) in [4.78, 5) is 36.9. The van der Waals surface area contributed by atoms with E-state index in [1.165, 1.54) is 12.4 Å². The predicted molar refractivity (Wildman–Crippen MR) is 97.0 cm³/mol. The molecule has 1 aliphatic rings. The standard InChI is InChI=1S/C19H30N4O2/c1-15(2)4-10-23(19(25)17-14-20-8-9-21-17)13-7-18(24)22-11-5-16(3)6-12-22/h8-9,14-16H,4-7,10-13H2,1-3H3. The number of hydrogen-bond donors (Lipinski definition) is 0. The number of hydrogen-bond acceptors (Lipinski definition) is 4. The fraction of sp³-hybridized carbons (Fsp3) is 0.684. The van der Waals surface area contributed by atoms with Crippen molar-refractivity contribution in [3.8, 4) is 0 Å². The number of amides is 2. The van der Waals surface area contributed by atoms with E-state index >= 15 is 0 Å². The van der Waals surface area contributed by atoms with Crippen LogP contribution < -0.4 is 0 Å². The van der Waals surface area contributed by atoms with Crippen molar-refractivity contribution in [2.45, 2.75) is 46.5 Å². The van der Waals surface area contributed by atoms with E-state index in [-0.39, 0.29) is 11.8 Å². The smallest absolute Gasteiger partial charge is 0.274 e. The van der Waals surface area contributed by atoms with E-state index in [4.69, 9.17) is 0 Å². The fourth-order valence-corrected chi connectivity index (χ4v) is 2.95. The van der Waals surface area contributed by atoms with Crippen molar-refractivity contribution in [1.29, 1.82) is 0 Å². The highest BCUT2D eigenvalue weighted by atomic mass is 16.2. The van der Waals surface area contributed by atoms with E-state index < -0.39 is 0 Å². The van der Waals surface area contributed by atoms with Crippen LogP contribution in [0.15, 0.2) is 18.6 Å². The van der Waals surface area contributed by atoms with Gasteiger partial charge < -0.3 is 9.80 Å². The lowest BCUT2D eigenvalue weighted by Gasteiger charge is -2.31. The first-order valence-electron chi connectivity index (χ1n) is 9.30. The SMILES string of the molecule is CC(C)CCN(CCC(=O)N1CCC(C)CC1)C(=O)c1cnccn1. The van der Waals surface area contributed by atoms with Gasteiger partial charge in [0.05, 0.1) is 6.20 Å². The highest BCUT2D eigenvalue weighted by molar-refractivity contribution is 5.92. The Morgan fingerprint density at radius 2 is 1.96 bits per heavy atom. The topological polar surface area (TPSA) is 66.4 Å². The van der Waals surface area contributed by atoms with Gasteiger partial charge in [-0.2, -0.15) is 0 Å². The summed E-state index contributed by atoms with van der Waals surface area (Å²) in [6.45, 7) is 9.24. The first kappa shape index (κ1) is 19.3. The summed E-state index contributed by atoms with van der Waals surface area (Å²) in [7, 11) is 0. The molecule has 2 rings (SSSR count). The second-order valence-electron chi connectivity index (χ2n) is 7.38. The highest BCUT2D eigenvalue weighted by Crippen LogP contribution is 2.17. The minimum Gasteiger partial charge on any atom is -0.343 e. The minimum absolute atomic E-state index is 0.145. The molecule has 0 aromatic carbocycles. The van der Waals surface area contributed by atoms with E-state index in [2.05, 4.69) is 30.7 Å². The summed E-state index contributed by atoms with van der Waals surface area (Å²) in [6, 6.07) is 0. The summed E-state index contributed by atoms with van der Waals surface area (Å²) in [5, 5.41) is 0. The highest BCUT2D eigenvalue weighted by Gasteiger charge is 2.23. The van der Waals surface area contributed by atoms with Crippen molar-refractivity contribution >= 4 is 11.8 Å². The number of piperidine rings is 1. The molecule has 1 aliphatic heterocycles. The molecule has 0 saturated carbocycles. The molecule has 0 radical (unpaired) electrons. The molecular formula is C19H30N4O2. The van der Waals surface area contributed by atoms with Crippen LogP contribution in [0.2, 0.25) is 0 Å². The number of aromatic nitrogens is 2. The molecule has 0 bridgehead atoms. The van der Waals surface area contributed by atoms with Crippen molar-refractivity contribution in [3.63, 3.8) is 0 Å². The average Bonchev–Trinajstić information content (AvgIpc) is 2.62. The molecule has 2 heterocycles. The van der Waals surface area contributed by atoms with Gasteiger partial charge in [-0.3, -0.25) is 14.6 Å². The summed E-state index contributed by atoms with van der Waals surface area (Å²) < 4.78 is 0. The minimum atomic E-state index is -0.145. The third kappa shape index (κ3) is 6.11. The van der Waals surface area contributed by atoms with Crippen LogP contribution in [0.25, 0.3) is 0 Å². The van der Waals surface area contributed by atoms with Gasteiger partial charge in [-0.15, -0.1) is 0 Å². The largest absolute Gasteiger partial charge is 0.343 e.